The lowest BCUT2D eigenvalue weighted by Gasteiger charge is -2.48. The molecule has 36 heavy (non-hydrogen) atoms. The number of benzene rings is 2. The van der Waals surface area contributed by atoms with Crippen molar-refractivity contribution in [3.63, 3.8) is 0 Å². The number of alkyl halides is 2. The standard InChI is InChI=1S/C22H14B4ClF2N3O4/c23-14-15(24)21(26,19(35)31-17(14)33)32-8-10-7-9(1-6-13(10)18(32)34)16(25)30-20(36)22(28,29)11-2-4-12(27)5-3-11/h1-7,14-16H,8H2,(H,30,36)(H,31,33,35)/t14?,15?,16?,21-/m0/s1. The van der Waals surface area contributed by atoms with Crippen molar-refractivity contribution in [1.29, 1.82) is 0 Å². The van der Waals surface area contributed by atoms with Crippen molar-refractivity contribution in [3.05, 3.63) is 69.7 Å². The van der Waals surface area contributed by atoms with Gasteiger partial charge in [-0.25, -0.2) is 0 Å². The second-order valence-corrected chi connectivity index (χ2v) is 8.97. The van der Waals surface area contributed by atoms with Crippen LogP contribution in [0.1, 0.15) is 33.0 Å². The average molecular weight is 501 g/mol. The smallest absolute Gasteiger partial charge is 0.349 e. The zero-order valence-electron chi connectivity index (χ0n) is 18.5. The zero-order chi connectivity index (χ0) is 26.6. The largest absolute Gasteiger partial charge is 0.352 e. The first-order chi connectivity index (χ1) is 16.8. The van der Waals surface area contributed by atoms with Crippen molar-refractivity contribution in [2.24, 2.45) is 0 Å². The molecule has 8 radical (unpaired) electrons. The molecule has 0 aromatic heterocycles. The van der Waals surface area contributed by atoms with Gasteiger partial charge in [0.25, 0.3) is 11.8 Å². The van der Waals surface area contributed by atoms with Gasteiger partial charge in [-0.1, -0.05) is 41.7 Å². The van der Waals surface area contributed by atoms with E-state index in [1.807, 2.05) is 5.32 Å². The molecule has 2 aliphatic heterocycles. The van der Waals surface area contributed by atoms with Crippen molar-refractivity contribution in [2.75, 3.05) is 0 Å². The van der Waals surface area contributed by atoms with Crippen molar-refractivity contribution in [3.8, 4) is 0 Å². The monoisotopic (exact) mass is 501 g/mol. The SMILES string of the molecule is [B]C(NC(=O)C(F)(F)c1ccc(Cl)cc1)c1ccc2c(c1)CN([C@]1([B])C(=O)NC(=O)C([B])C1[B])C2=O. The highest BCUT2D eigenvalue weighted by Crippen LogP contribution is 2.41. The van der Waals surface area contributed by atoms with Gasteiger partial charge < -0.3 is 10.2 Å². The van der Waals surface area contributed by atoms with E-state index in [0.29, 0.717) is 5.56 Å². The third kappa shape index (κ3) is 4.13. The van der Waals surface area contributed by atoms with Crippen LogP contribution in [0.4, 0.5) is 8.78 Å². The Hall–Kier alpha value is -3.07. The second-order valence-electron chi connectivity index (χ2n) is 8.54. The van der Waals surface area contributed by atoms with Gasteiger partial charge in [0.05, 0.1) is 21.1 Å². The predicted octanol–water partition coefficient (Wildman–Crippen LogP) is 0.806. The van der Waals surface area contributed by atoms with Crippen LogP contribution in [-0.4, -0.2) is 65.4 Å². The lowest BCUT2D eigenvalue weighted by Crippen LogP contribution is -2.67. The third-order valence-corrected chi connectivity index (χ3v) is 6.57. The van der Waals surface area contributed by atoms with E-state index in [2.05, 4.69) is 5.32 Å². The van der Waals surface area contributed by atoms with E-state index < -0.39 is 58.1 Å². The number of rotatable bonds is 5. The Balaban J connectivity index is 1.54. The number of nitrogens with one attached hydrogen (secondary N) is 2. The van der Waals surface area contributed by atoms with Crippen molar-refractivity contribution < 1.29 is 28.0 Å². The Kier molecular flexibility index (Phi) is 6.58. The van der Waals surface area contributed by atoms with Crippen LogP contribution in [0, 0.1) is 0 Å². The summed E-state index contributed by atoms with van der Waals surface area (Å²) in [6.45, 7) is -0.206. The van der Waals surface area contributed by atoms with Crippen LogP contribution >= 0.6 is 11.6 Å². The first-order valence-corrected chi connectivity index (χ1v) is 11.0. The molecule has 14 heteroatoms. The molecular formula is C22H14B4ClF2N3O4. The van der Waals surface area contributed by atoms with Gasteiger partial charge in [0.15, 0.2) is 0 Å². The Morgan fingerprint density at radius 1 is 1.17 bits per heavy atom. The molecule has 174 valence electrons. The molecule has 2 aliphatic rings. The highest BCUT2D eigenvalue weighted by molar-refractivity contribution is 6.43. The molecule has 1 saturated heterocycles. The molecule has 0 aliphatic carbocycles. The number of piperidine rings is 1. The van der Waals surface area contributed by atoms with Gasteiger partial charge in [-0.3, -0.25) is 24.5 Å². The number of hydrogen-bond donors (Lipinski definition) is 2. The maximum atomic E-state index is 14.6. The molecule has 3 unspecified atom stereocenters. The molecule has 1 fully saturated rings. The van der Waals surface area contributed by atoms with Crippen LogP contribution in [0.3, 0.4) is 0 Å². The van der Waals surface area contributed by atoms with Gasteiger partial charge >= 0.3 is 5.92 Å². The summed E-state index contributed by atoms with van der Waals surface area (Å²) in [4.78, 5) is 50.7. The number of carbonyl (C=O) groups excluding carboxylic acids is 4. The minimum atomic E-state index is -3.89. The number of nitrogens with zero attached hydrogens (tertiary/aromatic N) is 1. The van der Waals surface area contributed by atoms with E-state index in [4.69, 9.17) is 43.0 Å². The number of amides is 4. The number of halogens is 3. The summed E-state index contributed by atoms with van der Waals surface area (Å²) in [6.07, 6.45) is 0. The molecular weight excluding hydrogens is 487 g/mol. The van der Waals surface area contributed by atoms with Gasteiger partial charge in [-0.2, -0.15) is 8.78 Å². The van der Waals surface area contributed by atoms with Crippen LogP contribution in [0.2, 0.25) is 16.7 Å². The summed E-state index contributed by atoms with van der Waals surface area (Å²) in [6, 6.07) is 8.65. The third-order valence-electron chi connectivity index (χ3n) is 6.32. The summed E-state index contributed by atoms with van der Waals surface area (Å²) in [5.41, 5.74) is -1.99. The molecule has 4 amide bonds. The summed E-state index contributed by atoms with van der Waals surface area (Å²) >= 11 is 5.71. The molecule has 2 aromatic carbocycles. The van der Waals surface area contributed by atoms with E-state index in [-0.39, 0.29) is 22.7 Å². The van der Waals surface area contributed by atoms with Gasteiger partial charge in [-0.15, -0.1) is 0 Å². The van der Waals surface area contributed by atoms with E-state index in [0.717, 1.165) is 17.0 Å². The quantitative estimate of drug-likeness (QED) is 0.469. The molecule has 4 rings (SSSR count). The van der Waals surface area contributed by atoms with Gasteiger partial charge in [0.1, 0.15) is 15.7 Å². The summed E-state index contributed by atoms with van der Waals surface area (Å²) in [5.74, 6) is -12.1. The lowest BCUT2D eigenvalue weighted by atomic mass is 9.48. The molecule has 2 aromatic rings. The minimum absolute atomic E-state index is 0.152. The second kappa shape index (κ2) is 9.10. The van der Waals surface area contributed by atoms with Crippen LogP contribution in [-0.2, 0) is 26.9 Å². The fraction of sp³-hybridized carbons (Fsp3) is 0.273. The maximum Gasteiger partial charge on any atom is 0.349 e. The topological polar surface area (TPSA) is 95.6 Å². The fourth-order valence-electron chi connectivity index (χ4n) is 4.12. The summed E-state index contributed by atoms with van der Waals surface area (Å²) < 4.78 is 29.2. The van der Waals surface area contributed by atoms with Crippen molar-refractivity contribution in [2.45, 2.75) is 35.5 Å². The maximum absolute atomic E-state index is 14.6. The van der Waals surface area contributed by atoms with Gasteiger partial charge in [0.2, 0.25) is 11.8 Å². The van der Waals surface area contributed by atoms with Crippen LogP contribution in [0.5, 0.6) is 0 Å². The first-order valence-electron chi connectivity index (χ1n) is 10.6. The Bertz CT molecular complexity index is 1280. The Morgan fingerprint density at radius 2 is 1.81 bits per heavy atom. The first kappa shape index (κ1) is 26.0. The van der Waals surface area contributed by atoms with Crippen LogP contribution in [0.15, 0.2) is 42.5 Å². The molecule has 2 heterocycles. The number of hydrogen-bond acceptors (Lipinski definition) is 4. The van der Waals surface area contributed by atoms with E-state index >= 15 is 0 Å². The molecule has 7 nitrogen and oxygen atoms in total. The van der Waals surface area contributed by atoms with Crippen LogP contribution in [0.25, 0.3) is 0 Å². The molecule has 0 bridgehead atoms. The number of fused-ring (bicyclic) bond motifs is 1. The van der Waals surface area contributed by atoms with Crippen molar-refractivity contribution in [1.82, 2.24) is 15.5 Å². The van der Waals surface area contributed by atoms with Gasteiger partial charge in [0, 0.05) is 28.6 Å². The average Bonchev–Trinajstić information content (AvgIpc) is 3.17. The van der Waals surface area contributed by atoms with E-state index in [9.17, 15) is 28.0 Å². The normalized spacial score (nSPS) is 24.8. The zero-order valence-corrected chi connectivity index (χ0v) is 19.3. The summed E-state index contributed by atoms with van der Waals surface area (Å²) in [5, 5.41) is 4.29. The van der Waals surface area contributed by atoms with E-state index in [1.165, 1.54) is 30.3 Å². The lowest BCUT2D eigenvalue weighted by molar-refractivity contribution is -0.147. The van der Waals surface area contributed by atoms with Crippen LogP contribution < -0.4 is 10.6 Å². The molecule has 0 spiro atoms. The van der Waals surface area contributed by atoms with Gasteiger partial charge in [-0.05, 0) is 35.1 Å². The number of imide groups is 1. The van der Waals surface area contributed by atoms with Crippen molar-refractivity contribution >= 4 is 66.6 Å². The molecule has 4 atom stereocenters. The highest BCUT2D eigenvalue weighted by atomic mass is 35.5. The number of carbonyl (C=O) groups is 4. The Morgan fingerprint density at radius 3 is 2.44 bits per heavy atom. The molecule has 0 saturated carbocycles. The Labute approximate surface area is 215 Å². The fourth-order valence-corrected chi connectivity index (χ4v) is 4.25. The van der Waals surface area contributed by atoms with E-state index in [1.54, 1.807) is 0 Å². The predicted molar refractivity (Wildman–Crippen MR) is 129 cm³/mol. The molecule has 2 N–H and O–H groups in total. The highest BCUT2D eigenvalue weighted by Gasteiger charge is 2.53. The minimum Gasteiger partial charge on any atom is -0.352 e. The summed E-state index contributed by atoms with van der Waals surface area (Å²) in [7, 11) is 23.9.